The second kappa shape index (κ2) is 7.96. The number of carbonyl (C=O) groups is 1. The van der Waals surface area contributed by atoms with Gasteiger partial charge in [0.1, 0.15) is 6.04 Å². The summed E-state index contributed by atoms with van der Waals surface area (Å²) in [6.45, 7) is 4.09. The smallest absolute Gasteiger partial charge is 0.327 e. The Morgan fingerprint density at radius 1 is 1.15 bits per heavy atom. The average Bonchev–Trinajstić information content (AvgIpc) is 2.61. The number of nitrogens with zero attached hydrogens (tertiary/aromatic N) is 2. The predicted octanol–water partition coefficient (Wildman–Crippen LogP) is 3.27. The minimum Gasteiger partial charge on any atom is -0.327 e. The maximum absolute atomic E-state index is 13.2. The van der Waals surface area contributed by atoms with Crippen LogP contribution in [0.2, 0.25) is 0 Å². The standard InChI is InChI=1S/C17H23F3N2O3S/c1-3-21(4-2)26(24,25)14-10-8-13(9-11-14)16(23)22-12-6-5-7-15(22)17(18,19)20/h8-11,15H,3-7,12H2,1-2H3. The molecule has 0 radical (unpaired) electrons. The van der Waals surface area contributed by atoms with Crippen molar-refractivity contribution in [2.24, 2.45) is 0 Å². The quantitative estimate of drug-likeness (QED) is 0.773. The van der Waals surface area contributed by atoms with Gasteiger partial charge in [0.15, 0.2) is 0 Å². The fourth-order valence-electron chi connectivity index (χ4n) is 3.16. The van der Waals surface area contributed by atoms with E-state index in [1.807, 2.05) is 0 Å². The first-order chi connectivity index (χ1) is 12.1. The monoisotopic (exact) mass is 392 g/mol. The van der Waals surface area contributed by atoms with E-state index >= 15 is 0 Å². The van der Waals surface area contributed by atoms with Crippen LogP contribution >= 0.6 is 0 Å². The molecular formula is C17H23F3N2O3S. The Bertz CT molecular complexity index is 729. The van der Waals surface area contributed by atoms with E-state index in [1.165, 1.54) is 28.6 Å². The van der Waals surface area contributed by atoms with Crippen molar-refractivity contribution in [2.75, 3.05) is 19.6 Å². The van der Waals surface area contributed by atoms with Gasteiger partial charge in [-0.15, -0.1) is 0 Å². The number of piperidine rings is 1. The second-order valence-electron chi connectivity index (χ2n) is 6.17. The summed E-state index contributed by atoms with van der Waals surface area (Å²) in [4.78, 5) is 13.4. The van der Waals surface area contributed by atoms with Gasteiger partial charge < -0.3 is 4.90 Å². The van der Waals surface area contributed by atoms with Gasteiger partial charge in [-0.1, -0.05) is 13.8 Å². The molecule has 5 nitrogen and oxygen atoms in total. The summed E-state index contributed by atoms with van der Waals surface area (Å²) in [5, 5.41) is 0. The van der Waals surface area contributed by atoms with Crippen molar-refractivity contribution in [2.45, 2.75) is 50.2 Å². The molecule has 26 heavy (non-hydrogen) atoms. The van der Waals surface area contributed by atoms with Gasteiger partial charge >= 0.3 is 6.18 Å². The molecule has 1 aliphatic heterocycles. The molecule has 0 aromatic heterocycles. The lowest BCUT2D eigenvalue weighted by molar-refractivity contribution is -0.183. The van der Waals surface area contributed by atoms with E-state index < -0.39 is 28.1 Å². The number of alkyl halides is 3. The molecule has 0 bridgehead atoms. The number of hydrogen-bond acceptors (Lipinski definition) is 3. The van der Waals surface area contributed by atoms with Crippen molar-refractivity contribution in [1.29, 1.82) is 0 Å². The molecule has 1 aliphatic rings. The predicted molar refractivity (Wildman–Crippen MR) is 91.3 cm³/mol. The highest BCUT2D eigenvalue weighted by molar-refractivity contribution is 7.89. The van der Waals surface area contributed by atoms with Crippen LogP contribution in [-0.2, 0) is 10.0 Å². The molecule has 2 rings (SSSR count). The van der Waals surface area contributed by atoms with Gasteiger partial charge in [0, 0.05) is 25.2 Å². The van der Waals surface area contributed by atoms with E-state index in [9.17, 15) is 26.4 Å². The SMILES string of the molecule is CCN(CC)S(=O)(=O)c1ccc(C(=O)N2CCCCC2C(F)(F)F)cc1. The number of hydrogen-bond donors (Lipinski definition) is 0. The van der Waals surface area contributed by atoms with Crippen molar-refractivity contribution in [1.82, 2.24) is 9.21 Å². The molecule has 0 saturated carbocycles. The van der Waals surface area contributed by atoms with Crippen LogP contribution in [0, 0.1) is 0 Å². The molecular weight excluding hydrogens is 369 g/mol. The number of carbonyl (C=O) groups excluding carboxylic acids is 1. The van der Waals surface area contributed by atoms with Crippen LogP contribution in [0.5, 0.6) is 0 Å². The second-order valence-corrected chi connectivity index (χ2v) is 8.10. The van der Waals surface area contributed by atoms with Crippen molar-refractivity contribution in [3.8, 4) is 0 Å². The highest BCUT2D eigenvalue weighted by Crippen LogP contribution is 2.32. The lowest BCUT2D eigenvalue weighted by atomic mass is 10.0. The molecule has 1 saturated heterocycles. The molecule has 0 aliphatic carbocycles. The zero-order valence-electron chi connectivity index (χ0n) is 14.8. The number of rotatable bonds is 5. The molecule has 1 heterocycles. The first-order valence-corrected chi connectivity index (χ1v) is 10.0. The van der Waals surface area contributed by atoms with E-state index in [0.29, 0.717) is 25.9 Å². The van der Waals surface area contributed by atoms with E-state index in [4.69, 9.17) is 0 Å². The zero-order valence-corrected chi connectivity index (χ0v) is 15.6. The summed E-state index contributed by atoms with van der Waals surface area (Å²) >= 11 is 0. The normalized spacial score (nSPS) is 19.0. The molecule has 0 N–H and O–H groups in total. The number of benzene rings is 1. The Morgan fingerprint density at radius 3 is 2.23 bits per heavy atom. The maximum atomic E-state index is 13.2. The van der Waals surface area contributed by atoms with Gasteiger partial charge in [-0.25, -0.2) is 8.42 Å². The van der Waals surface area contributed by atoms with E-state index in [1.54, 1.807) is 13.8 Å². The lowest BCUT2D eigenvalue weighted by Gasteiger charge is -2.36. The van der Waals surface area contributed by atoms with Gasteiger partial charge in [-0.05, 0) is 43.5 Å². The van der Waals surface area contributed by atoms with E-state index in [0.717, 1.165) is 4.90 Å². The molecule has 146 valence electrons. The fraction of sp³-hybridized carbons (Fsp3) is 0.588. The van der Waals surface area contributed by atoms with Crippen molar-refractivity contribution in [3.05, 3.63) is 29.8 Å². The largest absolute Gasteiger partial charge is 0.408 e. The number of halogens is 3. The van der Waals surface area contributed by atoms with Crippen LogP contribution in [0.15, 0.2) is 29.2 Å². The summed E-state index contributed by atoms with van der Waals surface area (Å²) in [7, 11) is -3.67. The third-order valence-electron chi connectivity index (χ3n) is 4.59. The third-order valence-corrected chi connectivity index (χ3v) is 6.65. The first-order valence-electron chi connectivity index (χ1n) is 8.60. The van der Waals surface area contributed by atoms with Crippen LogP contribution in [-0.4, -0.2) is 55.4 Å². The topological polar surface area (TPSA) is 57.7 Å². The number of amides is 1. The Labute approximate surface area is 151 Å². The molecule has 1 aromatic rings. The summed E-state index contributed by atoms with van der Waals surface area (Å²) in [5.74, 6) is -0.723. The highest BCUT2D eigenvalue weighted by atomic mass is 32.2. The first kappa shape index (κ1) is 20.7. The van der Waals surface area contributed by atoms with Crippen molar-refractivity contribution < 1.29 is 26.4 Å². The maximum Gasteiger partial charge on any atom is 0.408 e. The number of sulfonamides is 1. The van der Waals surface area contributed by atoms with Crippen LogP contribution in [0.4, 0.5) is 13.2 Å². The summed E-state index contributed by atoms with van der Waals surface area (Å²) in [6.07, 6.45) is -3.63. The molecule has 9 heteroatoms. The van der Waals surface area contributed by atoms with Crippen LogP contribution in [0.1, 0.15) is 43.5 Å². The van der Waals surface area contributed by atoms with Gasteiger partial charge in [0.2, 0.25) is 10.0 Å². The Balaban J connectivity index is 2.26. The van der Waals surface area contributed by atoms with Gasteiger partial charge in [0.05, 0.1) is 4.90 Å². The van der Waals surface area contributed by atoms with Gasteiger partial charge in [0.25, 0.3) is 5.91 Å². The van der Waals surface area contributed by atoms with Crippen molar-refractivity contribution in [3.63, 3.8) is 0 Å². The molecule has 1 aromatic carbocycles. The van der Waals surface area contributed by atoms with E-state index in [2.05, 4.69) is 0 Å². The Morgan fingerprint density at radius 2 is 1.73 bits per heavy atom. The minimum absolute atomic E-state index is 0.0174. The Hall–Kier alpha value is -1.61. The zero-order chi connectivity index (χ0) is 19.5. The van der Waals surface area contributed by atoms with E-state index in [-0.39, 0.29) is 23.4 Å². The van der Waals surface area contributed by atoms with Crippen molar-refractivity contribution >= 4 is 15.9 Å². The third kappa shape index (κ3) is 4.20. The molecule has 0 spiro atoms. The summed E-state index contributed by atoms with van der Waals surface area (Å²) < 4.78 is 65.7. The lowest BCUT2D eigenvalue weighted by Crippen LogP contribution is -2.51. The van der Waals surface area contributed by atoms with Gasteiger partial charge in [-0.3, -0.25) is 4.79 Å². The molecule has 1 unspecified atom stereocenters. The Kier molecular flexibility index (Phi) is 6.33. The minimum atomic E-state index is -4.47. The van der Waals surface area contributed by atoms with Crippen LogP contribution in [0.25, 0.3) is 0 Å². The van der Waals surface area contributed by atoms with Crippen LogP contribution in [0.3, 0.4) is 0 Å². The fourth-order valence-corrected chi connectivity index (χ4v) is 4.62. The van der Waals surface area contributed by atoms with Gasteiger partial charge in [-0.2, -0.15) is 17.5 Å². The number of likely N-dealkylation sites (tertiary alicyclic amines) is 1. The summed E-state index contributed by atoms with van der Waals surface area (Å²) in [6, 6.07) is 3.31. The highest BCUT2D eigenvalue weighted by Gasteiger charge is 2.46. The summed E-state index contributed by atoms with van der Waals surface area (Å²) in [5.41, 5.74) is 0.0552. The average molecular weight is 392 g/mol. The molecule has 1 fully saturated rings. The molecule has 1 amide bonds. The molecule has 1 atom stereocenters. The van der Waals surface area contributed by atoms with Crippen LogP contribution < -0.4 is 0 Å².